The normalized spacial score (nSPS) is 10.4. The van der Waals surface area contributed by atoms with Crippen molar-refractivity contribution in [2.24, 2.45) is 0 Å². The molecule has 0 saturated heterocycles. The van der Waals surface area contributed by atoms with E-state index in [1.165, 1.54) is 24.3 Å². The molecule has 5 nitrogen and oxygen atoms in total. The summed E-state index contributed by atoms with van der Waals surface area (Å²) >= 11 is 0. The maximum atomic E-state index is 13.2. The summed E-state index contributed by atoms with van der Waals surface area (Å²) in [5.74, 6) is -1.08. The van der Waals surface area contributed by atoms with Crippen LogP contribution < -0.4 is 4.74 Å². The van der Waals surface area contributed by atoms with Gasteiger partial charge in [0.05, 0.1) is 17.0 Å². The molecule has 0 spiro atoms. The number of aromatic hydroxyl groups is 1. The average molecular weight is 297 g/mol. The highest BCUT2D eigenvalue weighted by Gasteiger charge is 2.17. The summed E-state index contributed by atoms with van der Waals surface area (Å²) in [7, 11) is 0. The number of rotatable bonds is 2. The van der Waals surface area contributed by atoms with Crippen molar-refractivity contribution in [1.82, 2.24) is 0 Å². The Labute approximate surface area is 123 Å². The van der Waals surface area contributed by atoms with Gasteiger partial charge in [-0.1, -0.05) is 12.1 Å². The van der Waals surface area contributed by atoms with Gasteiger partial charge >= 0.3 is 5.97 Å². The lowest BCUT2D eigenvalue weighted by Gasteiger charge is -2.07. The van der Waals surface area contributed by atoms with Gasteiger partial charge in [0, 0.05) is 6.07 Å². The first kappa shape index (κ1) is 13.6. The van der Waals surface area contributed by atoms with Gasteiger partial charge in [0.25, 0.3) is 6.01 Å². The lowest BCUT2D eigenvalue weighted by molar-refractivity contribution is 0.0734. The third kappa shape index (κ3) is 2.36. The lowest BCUT2D eigenvalue weighted by Crippen LogP contribution is -2.09. The zero-order valence-corrected chi connectivity index (χ0v) is 11.0. The molecule has 1 aromatic heterocycles. The zero-order valence-electron chi connectivity index (χ0n) is 11.0. The standard InChI is InChI=1S/C16H8FNO4/c17-15-7-11-13(21-15)5-9(8-18)6-14(11)22-16(20)10-3-1-2-4-12(10)19/h1-7,19H. The maximum Gasteiger partial charge on any atom is 0.347 e. The number of ether oxygens (including phenoxy) is 1. The third-order valence-corrected chi connectivity index (χ3v) is 3.03. The minimum atomic E-state index is -0.857. The van der Waals surface area contributed by atoms with Gasteiger partial charge in [0.2, 0.25) is 0 Å². The zero-order chi connectivity index (χ0) is 15.7. The number of halogens is 1. The number of para-hydroxylation sites is 1. The Balaban J connectivity index is 2.05. The number of hydrogen-bond acceptors (Lipinski definition) is 5. The summed E-state index contributed by atoms with van der Waals surface area (Å²) in [6.07, 6.45) is 0. The number of nitrogens with zero attached hydrogens (tertiary/aromatic N) is 1. The van der Waals surface area contributed by atoms with Gasteiger partial charge in [-0.3, -0.25) is 0 Å². The quantitative estimate of drug-likeness (QED) is 0.579. The Morgan fingerprint density at radius 1 is 1.27 bits per heavy atom. The largest absolute Gasteiger partial charge is 0.507 e. The van der Waals surface area contributed by atoms with E-state index in [9.17, 15) is 14.3 Å². The Kier molecular flexibility index (Phi) is 3.24. The van der Waals surface area contributed by atoms with Gasteiger partial charge in [-0.15, -0.1) is 0 Å². The van der Waals surface area contributed by atoms with Gasteiger partial charge in [-0.05, 0) is 24.3 Å². The molecule has 0 amide bonds. The molecule has 0 atom stereocenters. The molecule has 22 heavy (non-hydrogen) atoms. The van der Waals surface area contributed by atoms with E-state index < -0.39 is 12.0 Å². The van der Waals surface area contributed by atoms with Crippen molar-refractivity contribution in [3.8, 4) is 17.6 Å². The highest BCUT2D eigenvalue weighted by atomic mass is 19.1. The molecule has 0 unspecified atom stereocenters. The number of carbonyl (C=O) groups is 1. The highest BCUT2D eigenvalue weighted by Crippen LogP contribution is 2.31. The molecule has 1 N–H and O–H groups in total. The third-order valence-electron chi connectivity index (χ3n) is 3.03. The van der Waals surface area contributed by atoms with Crippen molar-refractivity contribution in [1.29, 1.82) is 5.26 Å². The van der Waals surface area contributed by atoms with Crippen molar-refractivity contribution in [2.75, 3.05) is 0 Å². The van der Waals surface area contributed by atoms with Crippen molar-refractivity contribution >= 4 is 16.9 Å². The Bertz CT molecular complexity index is 924. The SMILES string of the molecule is N#Cc1cc(OC(=O)c2ccccc2O)c2cc(F)oc2c1. The molecule has 3 rings (SSSR count). The van der Waals surface area contributed by atoms with Crippen LogP contribution >= 0.6 is 0 Å². The molecule has 6 heteroatoms. The second kappa shape index (κ2) is 5.22. The van der Waals surface area contributed by atoms with Crippen LogP contribution in [-0.4, -0.2) is 11.1 Å². The summed E-state index contributed by atoms with van der Waals surface area (Å²) in [6, 6.07) is 10.6. The smallest absolute Gasteiger partial charge is 0.347 e. The molecule has 0 saturated carbocycles. The van der Waals surface area contributed by atoms with Crippen molar-refractivity contribution in [3.63, 3.8) is 0 Å². The summed E-state index contributed by atoms with van der Waals surface area (Å²) in [4.78, 5) is 12.1. The van der Waals surface area contributed by atoms with E-state index in [-0.39, 0.29) is 33.6 Å². The molecule has 1 heterocycles. The predicted molar refractivity (Wildman–Crippen MR) is 74.0 cm³/mol. The fourth-order valence-corrected chi connectivity index (χ4v) is 2.03. The first-order valence-corrected chi connectivity index (χ1v) is 6.22. The minimum absolute atomic E-state index is 0.0186. The van der Waals surface area contributed by atoms with Gasteiger partial charge in [0.1, 0.15) is 22.6 Å². The Hall–Kier alpha value is -3.33. The second-order valence-electron chi connectivity index (χ2n) is 4.46. The number of phenols is 1. The molecule has 0 fully saturated rings. The van der Waals surface area contributed by atoms with Crippen LogP contribution in [0.4, 0.5) is 4.39 Å². The number of carbonyl (C=O) groups excluding carboxylic acids is 1. The first-order valence-electron chi connectivity index (χ1n) is 6.22. The van der Waals surface area contributed by atoms with Crippen molar-refractivity contribution in [3.05, 3.63) is 59.6 Å². The van der Waals surface area contributed by atoms with Crippen LogP contribution in [0.25, 0.3) is 11.0 Å². The van der Waals surface area contributed by atoms with Crippen LogP contribution in [-0.2, 0) is 0 Å². The number of benzene rings is 2. The van der Waals surface area contributed by atoms with Crippen LogP contribution in [0.1, 0.15) is 15.9 Å². The molecule has 0 aliphatic carbocycles. The lowest BCUT2D eigenvalue weighted by atomic mass is 10.1. The van der Waals surface area contributed by atoms with E-state index in [2.05, 4.69) is 0 Å². The number of esters is 1. The molecule has 0 aliphatic heterocycles. The number of furan rings is 1. The molecular weight excluding hydrogens is 289 g/mol. The van der Waals surface area contributed by atoms with Gasteiger partial charge in [-0.2, -0.15) is 9.65 Å². The maximum absolute atomic E-state index is 13.2. The minimum Gasteiger partial charge on any atom is -0.507 e. The van der Waals surface area contributed by atoms with E-state index in [1.54, 1.807) is 12.1 Å². The molecule has 3 aromatic rings. The van der Waals surface area contributed by atoms with Crippen LogP contribution in [0, 0.1) is 17.3 Å². The second-order valence-corrected chi connectivity index (χ2v) is 4.46. The summed E-state index contributed by atoms with van der Waals surface area (Å²) in [5, 5.41) is 18.8. The van der Waals surface area contributed by atoms with Crippen LogP contribution in [0.5, 0.6) is 11.5 Å². The Morgan fingerprint density at radius 3 is 2.77 bits per heavy atom. The number of phenolic OH excluding ortho intramolecular Hbond substituents is 1. The average Bonchev–Trinajstić information content (AvgIpc) is 2.88. The highest BCUT2D eigenvalue weighted by molar-refractivity contribution is 5.96. The summed E-state index contributed by atoms with van der Waals surface area (Å²) in [6.45, 7) is 0. The molecule has 108 valence electrons. The topological polar surface area (TPSA) is 83.5 Å². The molecule has 0 aliphatic rings. The van der Waals surface area contributed by atoms with Gasteiger partial charge in [-0.25, -0.2) is 4.79 Å². The van der Waals surface area contributed by atoms with Crippen LogP contribution in [0.15, 0.2) is 46.9 Å². The van der Waals surface area contributed by atoms with E-state index in [4.69, 9.17) is 14.4 Å². The van der Waals surface area contributed by atoms with Crippen LogP contribution in [0.3, 0.4) is 0 Å². The van der Waals surface area contributed by atoms with E-state index in [1.807, 2.05) is 6.07 Å². The van der Waals surface area contributed by atoms with Gasteiger partial charge in [0.15, 0.2) is 0 Å². The molecular formula is C16H8FNO4. The summed E-state index contributed by atoms with van der Waals surface area (Å²) < 4.78 is 23.2. The number of nitriles is 1. The number of fused-ring (bicyclic) bond motifs is 1. The van der Waals surface area contributed by atoms with Crippen LogP contribution in [0.2, 0.25) is 0 Å². The number of hydrogen-bond donors (Lipinski definition) is 1. The molecule has 2 aromatic carbocycles. The molecule has 0 bridgehead atoms. The van der Waals surface area contributed by atoms with E-state index in [0.717, 1.165) is 6.07 Å². The monoisotopic (exact) mass is 297 g/mol. The summed E-state index contributed by atoms with van der Waals surface area (Å²) in [5.41, 5.74) is 0.209. The fourth-order valence-electron chi connectivity index (χ4n) is 2.03. The molecule has 0 radical (unpaired) electrons. The van der Waals surface area contributed by atoms with Gasteiger partial charge < -0.3 is 14.3 Å². The van der Waals surface area contributed by atoms with E-state index >= 15 is 0 Å². The first-order chi connectivity index (χ1) is 10.6. The Morgan fingerprint density at radius 2 is 2.05 bits per heavy atom. The van der Waals surface area contributed by atoms with Crippen molar-refractivity contribution < 1.29 is 23.4 Å². The van der Waals surface area contributed by atoms with E-state index in [0.29, 0.717) is 0 Å². The van der Waals surface area contributed by atoms with Crippen molar-refractivity contribution in [2.45, 2.75) is 0 Å². The predicted octanol–water partition coefficient (Wildman–Crippen LogP) is 3.37. The fraction of sp³-hybridized carbons (Fsp3) is 0.